The SMILES string of the molecule is COc1ccc(OC)c(C(C)NC(=O)C2CNC2)c1. The highest BCUT2D eigenvalue weighted by molar-refractivity contribution is 5.80. The standard InChI is InChI=1S/C14H20N2O3/c1-9(16-14(17)10-7-15-8-10)12-6-11(18-2)4-5-13(12)19-3/h4-6,9-10,15H,7-8H2,1-3H3,(H,16,17). The van der Waals surface area contributed by atoms with Gasteiger partial charge in [0.25, 0.3) is 0 Å². The molecule has 1 aromatic carbocycles. The molecule has 5 nitrogen and oxygen atoms in total. The highest BCUT2D eigenvalue weighted by atomic mass is 16.5. The Morgan fingerprint density at radius 1 is 1.37 bits per heavy atom. The minimum absolute atomic E-state index is 0.0797. The van der Waals surface area contributed by atoms with Crippen LogP contribution in [0.15, 0.2) is 18.2 Å². The van der Waals surface area contributed by atoms with E-state index in [0.717, 1.165) is 30.2 Å². The Morgan fingerprint density at radius 2 is 2.11 bits per heavy atom. The molecule has 0 radical (unpaired) electrons. The quantitative estimate of drug-likeness (QED) is 0.836. The van der Waals surface area contributed by atoms with Crippen molar-refractivity contribution >= 4 is 5.91 Å². The molecule has 0 aliphatic carbocycles. The number of carbonyl (C=O) groups is 1. The van der Waals surface area contributed by atoms with Crippen molar-refractivity contribution in [2.75, 3.05) is 27.3 Å². The minimum Gasteiger partial charge on any atom is -0.497 e. The zero-order valence-electron chi connectivity index (χ0n) is 11.5. The number of ether oxygens (including phenoxy) is 2. The van der Waals surface area contributed by atoms with Crippen molar-refractivity contribution < 1.29 is 14.3 Å². The maximum atomic E-state index is 11.9. The molecule has 0 spiro atoms. The largest absolute Gasteiger partial charge is 0.497 e. The molecular weight excluding hydrogens is 244 g/mol. The van der Waals surface area contributed by atoms with Gasteiger partial charge in [0.2, 0.25) is 5.91 Å². The number of methoxy groups -OCH3 is 2. The van der Waals surface area contributed by atoms with E-state index in [-0.39, 0.29) is 17.9 Å². The summed E-state index contributed by atoms with van der Waals surface area (Å²) in [6.45, 7) is 3.46. The molecule has 1 unspecified atom stereocenters. The summed E-state index contributed by atoms with van der Waals surface area (Å²) in [5.41, 5.74) is 0.919. The number of nitrogens with one attached hydrogen (secondary N) is 2. The molecule has 0 saturated carbocycles. The Kier molecular flexibility index (Phi) is 4.27. The van der Waals surface area contributed by atoms with Gasteiger partial charge in [0, 0.05) is 18.7 Å². The van der Waals surface area contributed by atoms with Gasteiger partial charge in [-0.25, -0.2) is 0 Å². The second-order valence-electron chi connectivity index (χ2n) is 4.69. The Hall–Kier alpha value is -1.75. The molecule has 2 rings (SSSR count). The lowest BCUT2D eigenvalue weighted by atomic mass is 10.0. The molecule has 104 valence electrons. The van der Waals surface area contributed by atoms with Crippen LogP contribution in [-0.2, 0) is 4.79 Å². The molecule has 0 bridgehead atoms. The molecule has 1 aromatic rings. The summed E-state index contributed by atoms with van der Waals surface area (Å²) in [4.78, 5) is 11.9. The van der Waals surface area contributed by atoms with Gasteiger partial charge in [-0.2, -0.15) is 0 Å². The van der Waals surface area contributed by atoms with E-state index in [0.29, 0.717) is 0 Å². The van der Waals surface area contributed by atoms with E-state index in [1.807, 2.05) is 25.1 Å². The van der Waals surface area contributed by atoms with Gasteiger partial charge in [-0.3, -0.25) is 4.79 Å². The third-order valence-electron chi connectivity index (χ3n) is 3.41. The average Bonchev–Trinajstić information content (AvgIpc) is 2.35. The van der Waals surface area contributed by atoms with E-state index < -0.39 is 0 Å². The van der Waals surface area contributed by atoms with Crippen LogP contribution in [0.3, 0.4) is 0 Å². The topological polar surface area (TPSA) is 59.6 Å². The van der Waals surface area contributed by atoms with E-state index in [9.17, 15) is 4.79 Å². The van der Waals surface area contributed by atoms with Crippen LogP contribution < -0.4 is 20.1 Å². The molecule has 1 amide bonds. The van der Waals surface area contributed by atoms with Gasteiger partial charge in [-0.15, -0.1) is 0 Å². The Labute approximate surface area is 113 Å². The van der Waals surface area contributed by atoms with Crippen LogP contribution in [0.5, 0.6) is 11.5 Å². The van der Waals surface area contributed by atoms with Crippen LogP contribution in [0.4, 0.5) is 0 Å². The highest BCUT2D eigenvalue weighted by Crippen LogP contribution is 2.29. The van der Waals surface area contributed by atoms with Crippen molar-refractivity contribution in [3.8, 4) is 11.5 Å². The summed E-state index contributed by atoms with van der Waals surface area (Å²) in [6, 6.07) is 5.47. The van der Waals surface area contributed by atoms with E-state index in [1.54, 1.807) is 14.2 Å². The molecule has 1 saturated heterocycles. The Bertz CT molecular complexity index is 458. The van der Waals surface area contributed by atoms with E-state index in [4.69, 9.17) is 9.47 Å². The van der Waals surface area contributed by atoms with Gasteiger partial charge in [0.15, 0.2) is 0 Å². The van der Waals surface area contributed by atoms with Crippen LogP contribution in [0.1, 0.15) is 18.5 Å². The second kappa shape index (κ2) is 5.93. The fraction of sp³-hybridized carbons (Fsp3) is 0.500. The summed E-state index contributed by atoms with van der Waals surface area (Å²) in [7, 11) is 3.24. The highest BCUT2D eigenvalue weighted by Gasteiger charge is 2.26. The third kappa shape index (κ3) is 2.98. The van der Waals surface area contributed by atoms with Crippen molar-refractivity contribution in [1.29, 1.82) is 0 Å². The molecular formula is C14H20N2O3. The molecule has 1 atom stereocenters. The van der Waals surface area contributed by atoms with Crippen LogP contribution in [0, 0.1) is 5.92 Å². The molecule has 5 heteroatoms. The lowest BCUT2D eigenvalue weighted by Gasteiger charge is -2.28. The smallest absolute Gasteiger partial charge is 0.226 e. The lowest BCUT2D eigenvalue weighted by molar-refractivity contribution is -0.127. The fourth-order valence-corrected chi connectivity index (χ4v) is 2.06. The Balaban J connectivity index is 2.11. The number of hydrogen-bond acceptors (Lipinski definition) is 4. The first kappa shape index (κ1) is 13.7. The first-order chi connectivity index (χ1) is 9.15. The third-order valence-corrected chi connectivity index (χ3v) is 3.41. The summed E-state index contributed by atoms with van der Waals surface area (Å²) in [5.74, 6) is 1.66. The first-order valence-corrected chi connectivity index (χ1v) is 6.38. The second-order valence-corrected chi connectivity index (χ2v) is 4.69. The maximum Gasteiger partial charge on any atom is 0.226 e. The lowest BCUT2D eigenvalue weighted by Crippen LogP contribution is -2.51. The number of carbonyl (C=O) groups excluding carboxylic acids is 1. The van der Waals surface area contributed by atoms with Crippen molar-refractivity contribution in [2.24, 2.45) is 5.92 Å². The molecule has 19 heavy (non-hydrogen) atoms. The van der Waals surface area contributed by atoms with Crippen molar-refractivity contribution in [1.82, 2.24) is 10.6 Å². The normalized spacial score (nSPS) is 16.4. The summed E-state index contributed by atoms with van der Waals surface area (Å²) in [5, 5.41) is 6.10. The number of amides is 1. The van der Waals surface area contributed by atoms with E-state index in [2.05, 4.69) is 10.6 Å². The monoisotopic (exact) mass is 264 g/mol. The van der Waals surface area contributed by atoms with Gasteiger partial charge in [0.05, 0.1) is 26.2 Å². The molecule has 1 aliphatic heterocycles. The van der Waals surface area contributed by atoms with Crippen LogP contribution in [0.25, 0.3) is 0 Å². The molecule has 1 aliphatic rings. The maximum absolute atomic E-state index is 11.9. The number of benzene rings is 1. The van der Waals surface area contributed by atoms with Crippen LogP contribution in [0.2, 0.25) is 0 Å². The average molecular weight is 264 g/mol. The van der Waals surface area contributed by atoms with Gasteiger partial charge in [0.1, 0.15) is 11.5 Å². The number of hydrogen-bond donors (Lipinski definition) is 2. The summed E-state index contributed by atoms with van der Waals surface area (Å²) >= 11 is 0. The fourth-order valence-electron chi connectivity index (χ4n) is 2.06. The van der Waals surface area contributed by atoms with Gasteiger partial charge in [-0.1, -0.05) is 0 Å². The van der Waals surface area contributed by atoms with Gasteiger partial charge in [-0.05, 0) is 25.1 Å². The van der Waals surface area contributed by atoms with Crippen LogP contribution >= 0.6 is 0 Å². The zero-order chi connectivity index (χ0) is 13.8. The number of rotatable bonds is 5. The van der Waals surface area contributed by atoms with Crippen LogP contribution in [-0.4, -0.2) is 33.2 Å². The van der Waals surface area contributed by atoms with Crippen molar-refractivity contribution in [2.45, 2.75) is 13.0 Å². The predicted octanol–water partition coefficient (Wildman–Crippen LogP) is 1.10. The van der Waals surface area contributed by atoms with Gasteiger partial charge < -0.3 is 20.1 Å². The summed E-state index contributed by atoms with van der Waals surface area (Å²) in [6.07, 6.45) is 0. The van der Waals surface area contributed by atoms with E-state index >= 15 is 0 Å². The zero-order valence-corrected chi connectivity index (χ0v) is 11.5. The first-order valence-electron chi connectivity index (χ1n) is 6.38. The summed E-state index contributed by atoms with van der Waals surface area (Å²) < 4.78 is 10.5. The van der Waals surface area contributed by atoms with E-state index in [1.165, 1.54) is 0 Å². The molecule has 1 heterocycles. The molecule has 1 fully saturated rings. The Morgan fingerprint density at radius 3 is 2.63 bits per heavy atom. The minimum atomic E-state index is -0.113. The molecule has 2 N–H and O–H groups in total. The van der Waals surface area contributed by atoms with Gasteiger partial charge >= 0.3 is 0 Å². The van der Waals surface area contributed by atoms with Crippen molar-refractivity contribution in [3.05, 3.63) is 23.8 Å². The van der Waals surface area contributed by atoms with Crippen molar-refractivity contribution in [3.63, 3.8) is 0 Å². The molecule has 0 aromatic heterocycles. The predicted molar refractivity (Wildman–Crippen MR) is 72.5 cm³/mol.